The van der Waals surface area contributed by atoms with Gasteiger partial charge >= 0.3 is 0 Å². The van der Waals surface area contributed by atoms with Gasteiger partial charge in [-0.3, -0.25) is 0 Å². The van der Waals surface area contributed by atoms with Crippen LogP contribution in [-0.2, 0) is 11.8 Å². The third-order valence-electron chi connectivity index (χ3n) is 2.69. The Hall–Kier alpha value is -0.940. The van der Waals surface area contributed by atoms with E-state index in [-0.39, 0.29) is 5.92 Å². The van der Waals surface area contributed by atoms with Crippen LogP contribution >= 0.6 is 0 Å². The van der Waals surface area contributed by atoms with Gasteiger partial charge in [-0.25, -0.2) is 4.68 Å². The van der Waals surface area contributed by atoms with Crippen LogP contribution in [0.1, 0.15) is 24.6 Å². The molecule has 2 heterocycles. The van der Waals surface area contributed by atoms with Gasteiger partial charge in [0.2, 0.25) is 0 Å². The molecular weight excluding hydrogens is 182 g/mol. The molecule has 0 radical (unpaired) electrons. The lowest BCUT2D eigenvalue weighted by Gasteiger charge is -2.26. The standard InChI is InChI=1S/C9H15N3O2/c1-12-8(5-10-11-12)9(13)7-3-2-4-14-6-7/h5,7,9,13H,2-4,6H2,1H3. The number of ether oxygens (including phenoxy) is 1. The zero-order valence-electron chi connectivity index (χ0n) is 8.26. The third kappa shape index (κ3) is 1.78. The number of aliphatic hydroxyl groups excluding tert-OH is 1. The number of aromatic nitrogens is 3. The lowest BCUT2D eigenvalue weighted by Crippen LogP contribution is -2.25. The highest BCUT2D eigenvalue weighted by Gasteiger charge is 2.25. The van der Waals surface area contributed by atoms with Gasteiger partial charge in [-0.15, -0.1) is 5.10 Å². The summed E-state index contributed by atoms with van der Waals surface area (Å²) < 4.78 is 6.94. The fourth-order valence-electron chi connectivity index (χ4n) is 1.82. The fourth-order valence-corrected chi connectivity index (χ4v) is 1.82. The van der Waals surface area contributed by atoms with E-state index in [0.717, 1.165) is 25.1 Å². The van der Waals surface area contributed by atoms with E-state index in [1.807, 2.05) is 0 Å². The number of aliphatic hydroxyl groups is 1. The van der Waals surface area contributed by atoms with E-state index in [1.54, 1.807) is 17.9 Å². The number of nitrogens with zero attached hydrogens (tertiary/aromatic N) is 3. The summed E-state index contributed by atoms with van der Waals surface area (Å²) in [4.78, 5) is 0. The van der Waals surface area contributed by atoms with Crippen LogP contribution in [0.25, 0.3) is 0 Å². The molecule has 0 saturated carbocycles. The Bertz CT molecular complexity index is 294. The van der Waals surface area contributed by atoms with Gasteiger partial charge < -0.3 is 9.84 Å². The van der Waals surface area contributed by atoms with E-state index in [2.05, 4.69) is 10.3 Å². The molecule has 1 aromatic rings. The Labute approximate surface area is 82.7 Å². The highest BCUT2D eigenvalue weighted by Crippen LogP contribution is 2.27. The Kier molecular flexibility index (Phi) is 2.79. The van der Waals surface area contributed by atoms with Crippen LogP contribution in [0.4, 0.5) is 0 Å². The minimum absolute atomic E-state index is 0.181. The molecule has 5 nitrogen and oxygen atoms in total. The Balaban J connectivity index is 2.07. The zero-order valence-corrected chi connectivity index (χ0v) is 8.26. The summed E-state index contributed by atoms with van der Waals surface area (Å²) in [6, 6.07) is 0. The fraction of sp³-hybridized carbons (Fsp3) is 0.778. The van der Waals surface area contributed by atoms with Gasteiger partial charge in [0, 0.05) is 19.6 Å². The summed E-state index contributed by atoms with van der Waals surface area (Å²) in [5.74, 6) is 0.181. The van der Waals surface area contributed by atoms with Crippen molar-refractivity contribution in [2.24, 2.45) is 13.0 Å². The maximum Gasteiger partial charge on any atom is 0.102 e. The van der Waals surface area contributed by atoms with Crippen molar-refractivity contribution in [2.45, 2.75) is 18.9 Å². The lowest BCUT2D eigenvalue weighted by atomic mass is 9.94. The normalized spacial score (nSPS) is 24.9. The highest BCUT2D eigenvalue weighted by atomic mass is 16.5. The van der Waals surface area contributed by atoms with E-state index in [0.29, 0.717) is 6.61 Å². The molecule has 1 fully saturated rings. The first kappa shape index (κ1) is 9.61. The Morgan fingerprint density at radius 3 is 3.14 bits per heavy atom. The molecule has 1 aliphatic heterocycles. The molecule has 0 spiro atoms. The molecule has 0 amide bonds. The van der Waals surface area contributed by atoms with Crippen LogP contribution in [0.3, 0.4) is 0 Å². The summed E-state index contributed by atoms with van der Waals surface area (Å²) in [5, 5.41) is 17.6. The van der Waals surface area contributed by atoms with Crippen LogP contribution in [0.5, 0.6) is 0 Å². The first-order valence-corrected chi connectivity index (χ1v) is 4.89. The van der Waals surface area contributed by atoms with Crippen LogP contribution in [0, 0.1) is 5.92 Å². The van der Waals surface area contributed by atoms with Crippen molar-refractivity contribution in [3.05, 3.63) is 11.9 Å². The maximum atomic E-state index is 10.0. The molecule has 78 valence electrons. The molecule has 14 heavy (non-hydrogen) atoms. The van der Waals surface area contributed by atoms with Crippen molar-refractivity contribution >= 4 is 0 Å². The lowest BCUT2D eigenvalue weighted by molar-refractivity contribution is -0.0128. The average molecular weight is 197 g/mol. The van der Waals surface area contributed by atoms with Gasteiger partial charge in [0.1, 0.15) is 6.10 Å². The minimum atomic E-state index is -0.504. The summed E-state index contributed by atoms with van der Waals surface area (Å²) >= 11 is 0. The quantitative estimate of drug-likeness (QED) is 0.739. The van der Waals surface area contributed by atoms with Crippen molar-refractivity contribution in [3.63, 3.8) is 0 Å². The molecule has 0 aliphatic carbocycles. The number of hydrogen-bond donors (Lipinski definition) is 1. The molecule has 0 aromatic carbocycles. The largest absolute Gasteiger partial charge is 0.386 e. The van der Waals surface area contributed by atoms with Gasteiger partial charge in [0.15, 0.2) is 0 Å². The number of hydrogen-bond acceptors (Lipinski definition) is 4. The predicted octanol–water partition coefficient (Wildman–Crippen LogP) is 0.275. The molecule has 1 N–H and O–H groups in total. The van der Waals surface area contributed by atoms with Crippen molar-refractivity contribution in [2.75, 3.05) is 13.2 Å². The monoisotopic (exact) mass is 197 g/mol. The summed E-state index contributed by atoms with van der Waals surface area (Å²) in [7, 11) is 1.79. The second-order valence-electron chi connectivity index (χ2n) is 3.70. The predicted molar refractivity (Wildman–Crippen MR) is 49.5 cm³/mol. The smallest absolute Gasteiger partial charge is 0.102 e. The molecule has 0 bridgehead atoms. The van der Waals surface area contributed by atoms with Gasteiger partial charge in [-0.05, 0) is 12.8 Å². The van der Waals surface area contributed by atoms with Gasteiger partial charge in [-0.1, -0.05) is 5.21 Å². The second kappa shape index (κ2) is 4.06. The van der Waals surface area contributed by atoms with E-state index in [4.69, 9.17) is 4.74 Å². The number of aryl methyl sites for hydroxylation is 1. The van der Waals surface area contributed by atoms with Crippen LogP contribution in [-0.4, -0.2) is 33.3 Å². The topological polar surface area (TPSA) is 60.2 Å². The summed E-state index contributed by atoms with van der Waals surface area (Å²) in [5.41, 5.74) is 0.764. The molecule has 1 aromatic heterocycles. The average Bonchev–Trinajstić information content (AvgIpc) is 2.65. The summed E-state index contributed by atoms with van der Waals surface area (Å²) in [6.45, 7) is 1.44. The maximum absolute atomic E-state index is 10.0. The number of rotatable bonds is 2. The van der Waals surface area contributed by atoms with Crippen molar-refractivity contribution in [3.8, 4) is 0 Å². The first-order valence-electron chi connectivity index (χ1n) is 4.89. The molecular formula is C9H15N3O2. The molecule has 1 aliphatic rings. The second-order valence-corrected chi connectivity index (χ2v) is 3.70. The van der Waals surface area contributed by atoms with E-state index >= 15 is 0 Å². The van der Waals surface area contributed by atoms with Crippen molar-refractivity contribution in [1.82, 2.24) is 15.0 Å². The Morgan fingerprint density at radius 2 is 2.57 bits per heavy atom. The molecule has 1 saturated heterocycles. The van der Waals surface area contributed by atoms with E-state index in [1.165, 1.54) is 0 Å². The molecule has 2 rings (SSSR count). The van der Waals surface area contributed by atoms with Gasteiger partial charge in [0.05, 0.1) is 18.5 Å². The molecule has 5 heteroatoms. The third-order valence-corrected chi connectivity index (χ3v) is 2.69. The highest BCUT2D eigenvalue weighted by molar-refractivity contribution is 5.00. The SMILES string of the molecule is Cn1nncc1C(O)C1CCCOC1. The van der Waals surface area contributed by atoms with Crippen LogP contribution in [0.2, 0.25) is 0 Å². The minimum Gasteiger partial charge on any atom is -0.386 e. The van der Waals surface area contributed by atoms with Gasteiger partial charge in [0.25, 0.3) is 0 Å². The van der Waals surface area contributed by atoms with E-state index in [9.17, 15) is 5.11 Å². The van der Waals surface area contributed by atoms with E-state index < -0.39 is 6.10 Å². The Morgan fingerprint density at radius 1 is 1.71 bits per heavy atom. The van der Waals surface area contributed by atoms with Crippen molar-refractivity contribution < 1.29 is 9.84 Å². The van der Waals surface area contributed by atoms with Crippen LogP contribution in [0.15, 0.2) is 6.20 Å². The van der Waals surface area contributed by atoms with Crippen LogP contribution < -0.4 is 0 Å². The van der Waals surface area contributed by atoms with Crippen molar-refractivity contribution in [1.29, 1.82) is 0 Å². The molecule has 2 atom stereocenters. The zero-order chi connectivity index (χ0) is 9.97. The first-order chi connectivity index (χ1) is 6.79. The summed E-state index contributed by atoms with van der Waals surface area (Å²) in [6.07, 6.45) is 3.13. The van der Waals surface area contributed by atoms with Gasteiger partial charge in [-0.2, -0.15) is 0 Å². The molecule has 2 unspecified atom stereocenters.